The zero-order chi connectivity index (χ0) is 16.3. The summed E-state index contributed by atoms with van der Waals surface area (Å²) in [6.45, 7) is 3.52. The molecule has 7 nitrogen and oxygen atoms in total. The molecule has 0 aromatic carbocycles. The van der Waals surface area contributed by atoms with E-state index < -0.39 is 16.1 Å². The number of ether oxygens (including phenoxy) is 1. The first-order valence-electron chi connectivity index (χ1n) is 7.76. The van der Waals surface area contributed by atoms with Gasteiger partial charge < -0.3 is 9.64 Å². The number of carbonyl (C=O) groups is 2. The molecule has 1 amide bonds. The first-order chi connectivity index (χ1) is 10.3. The highest BCUT2D eigenvalue weighted by molar-refractivity contribution is 7.88. The van der Waals surface area contributed by atoms with Gasteiger partial charge in [-0.05, 0) is 32.6 Å². The summed E-state index contributed by atoms with van der Waals surface area (Å²) in [7, 11) is -3.36. The van der Waals surface area contributed by atoms with E-state index >= 15 is 0 Å². The average Bonchev–Trinajstić information content (AvgIpc) is 2.96. The molecule has 0 N–H and O–H groups in total. The number of carbonyl (C=O) groups excluding carboxylic acids is 2. The molecule has 2 rings (SSSR count). The van der Waals surface area contributed by atoms with Crippen LogP contribution in [0.2, 0.25) is 0 Å². The summed E-state index contributed by atoms with van der Waals surface area (Å²) in [6, 6.07) is -0.575. The first kappa shape index (κ1) is 17.2. The van der Waals surface area contributed by atoms with Gasteiger partial charge in [0.25, 0.3) is 0 Å². The third-order valence-electron chi connectivity index (χ3n) is 4.34. The van der Waals surface area contributed by atoms with Crippen LogP contribution in [-0.2, 0) is 24.3 Å². The maximum atomic E-state index is 12.6. The minimum Gasteiger partial charge on any atom is -0.466 e. The summed E-state index contributed by atoms with van der Waals surface area (Å²) < 4.78 is 29.8. The first-order valence-corrected chi connectivity index (χ1v) is 9.61. The second-order valence-corrected chi connectivity index (χ2v) is 7.82. The Kier molecular flexibility index (Phi) is 5.44. The molecule has 0 aromatic rings. The predicted octanol–water partition coefficient (Wildman–Crippen LogP) is 0.212. The number of rotatable bonds is 4. The quantitative estimate of drug-likeness (QED) is 0.687. The summed E-state index contributed by atoms with van der Waals surface area (Å²) in [5.41, 5.74) is 0. The smallest absolute Gasteiger partial charge is 0.309 e. The Bertz CT molecular complexity index is 525. The standard InChI is InChI=1S/C14H24N2O5S/c1-3-21-14(18)11-6-9-15(10-7-11)13(17)12-5-4-8-16(12)22(2,19)20/h11-12H,3-10H2,1-2H3. The molecule has 2 saturated heterocycles. The topological polar surface area (TPSA) is 84.0 Å². The average molecular weight is 332 g/mol. The van der Waals surface area contributed by atoms with Gasteiger partial charge >= 0.3 is 5.97 Å². The number of sulfonamides is 1. The molecule has 8 heteroatoms. The second kappa shape index (κ2) is 6.95. The van der Waals surface area contributed by atoms with E-state index in [1.165, 1.54) is 4.31 Å². The van der Waals surface area contributed by atoms with Crippen molar-refractivity contribution in [2.75, 3.05) is 32.5 Å². The SMILES string of the molecule is CCOC(=O)C1CCN(C(=O)C2CCCN2S(C)(=O)=O)CC1. The molecule has 1 unspecified atom stereocenters. The van der Waals surface area contributed by atoms with Crippen molar-refractivity contribution in [2.45, 2.75) is 38.6 Å². The van der Waals surface area contributed by atoms with Gasteiger partial charge in [-0.3, -0.25) is 9.59 Å². The molecular formula is C14H24N2O5S. The minimum atomic E-state index is -3.36. The van der Waals surface area contributed by atoms with Gasteiger partial charge in [0.2, 0.25) is 15.9 Å². The molecule has 0 aromatic heterocycles. The van der Waals surface area contributed by atoms with Crippen LogP contribution < -0.4 is 0 Å². The molecule has 0 spiro atoms. The van der Waals surface area contributed by atoms with Crippen molar-refractivity contribution in [1.82, 2.24) is 9.21 Å². The highest BCUT2D eigenvalue weighted by atomic mass is 32.2. The molecule has 2 aliphatic rings. The maximum absolute atomic E-state index is 12.6. The van der Waals surface area contributed by atoms with Gasteiger partial charge in [0.1, 0.15) is 6.04 Å². The summed E-state index contributed by atoms with van der Waals surface area (Å²) in [4.78, 5) is 25.9. The molecule has 2 aliphatic heterocycles. The van der Waals surface area contributed by atoms with Crippen molar-refractivity contribution >= 4 is 21.9 Å². The molecule has 22 heavy (non-hydrogen) atoms. The second-order valence-electron chi connectivity index (χ2n) is 5.88. The fourth-order valence-corrected chi connectivity index (χ4v) is 4.31. The van der Waals surface area contributed by atoms with Crippen molar-refractivity contribution in [2.24, 2.45) is 5.92 Å². The van der Waals surface area contributed by atoms with E-state index in [0.717, 1.165) is 6.26 Å². The van der Waals surface area contributed by atoms with Crippen molar-refractivity contribution in [1.29, 1.82) is 0 Å². The lowest BCUT2D eigenvalue weighted by Crippen LogP contribution is -2.50. The monoisotopic (exact) mass is 332 g/mol. The van der Waals surface area contributed by atoms with Crippen LogP contribution in [-0.4, -0.2) is 68.0 Å². The number of hydrogen-bond acceptors (Lipinski definition) is 5. The Hall–Kier alpha value is -1.15. The van der Waals surface area contributed by atoms with Crippen molar-refractivity contribution < 1.29 is 22.7 Å². The highest BCUT2D eigenvalue weighted by Gasteiger charge is 2.39. The van der Waals surface area contributed by atoms with Gasteiger partial charge in [0.15, 0.2) is 0 Å². The Morgan fingerprint density at radius 3 is 2.32 bits per heavy atom. The van der Waals surface area contributed by atoms with Crippen LogP contribution in [0.4, 0.5) is 0 Å². The van der Waals surface area contributed by atoms with E-state index in [0.29, 0.717) is 51.9 Å². The third-order valence-corrected chi connectivity index (χ3v) is 5.63. The summed E-state index contributed by atoms with van der Waals surface area (Å²) >= 11 is 0. The minimum absolute atomic E-state index is 0.134. The van der Waals surface area contributed by atoms with E-state index in [4.69, 9.17) is 4.74 Å². The van der Waals surface area contributed by atoms with E-state index in [2.05, 4.69) is 0 Å². The lowest BCUT2D eigenvalue weighted by molar-refractivity contribution is -0.151. The van der Waals surface area contributed by atoms with Crippen molar-refractivity contribution in [3.63, 3.8) is 0 Å². The lowest BCUT2D eigenvalue weighted by Gasteiger charge is -2.34. The Morgan fingerprint density at radius 1 is 1.14 bits per heavy atom. The highest BCUT2D eigenvalue weighted by Crippen LogP contribution is 2.25. The van der Waals surface area contributed by atoms with Crippen LogP contribution >= 0.6 is 0 Å². The number of piperidine rings is 1. The summed E-state index contributed by atoms with van der Waals surface area (Å²) in [5.74, 6) is -0.489. The van der Waals surface area contributed by atoms with Crippen LogP contribution in [0, 0.1) is 5.92 Å². The van der Waals surface area contributed by atoms with Gasteiger partial charge in [0, 0.05) is 19.6 Å². The van der Waals surface area contributed by atoms with Gasteiger partial charge in [-0.2, -0.15) is 4.31 Å². The number of nitrogens with zero attached hydrogens (tertiary/aromatic N) is 2. The molecule has 0 radical (unpaired) electrons. The van der Waals surface area contributed by atoms with Crippen LogP contribution in [0.3, 0.4) is 0 Å². The fourth-order valence-electron chi connectivity index (χ4n) is 3.19. The Balaban J connectivity index is 1.94. The van der Waals surface area contributed by atoms with Crippen molar-refractivity contribution in [3.05, 3.63) is 0 Å². The predicted molar refractivity (Wildman–Crippen MR) is 80.5 cm³/mol. The molecule has 2 fully saturated rings. The van der Waals surface area contributed by atoms with E-state index in [-0.39, 0.29) is 17.8 Å². The van der Waals surface area contributed by atoms with Gasteiger partial charge in [-0.15, -0.1) is 0 Å². The summed E-state index contributed by atoms with van der Waals surface area (Å²) in [6.07, 6.45) is 3.59. The Labute approximate surface area is 131 Å². The van der Waals surface area contributed by atoms with Crippen LogP contribution in [0.5, 0.6) is 0 Å². The number of esters is 1. The van der Waals surface area contributed by atoms with Gasteiger partial charge in [-0.1, -0.05) is 0 Å². The zero-order valence-corrected chi connectivity index (χ0v) is 14.0. The normalized spacial score (nSPS) is 24.5. The van der Waals surface area contributed by atoms with Crippen LogP contribution in [0.25, 0.3) is 0 Å². The molecule has 0 aliphatic carbocycles. The van der Waals surface area contributed by atoms with Gasteiger partial charge in [0.05, 0.1) is 18.8 Å². The number of hydrogen-bond donors (Lipinski definition) is 0. The number of amides is 1. The molecular weight excluding hydrogens is 308 g/mol. The summed E-state index contributed by atoms with van der Waals surface area (Å²) in [5, 5.41) is 0. The van der Waals surface area contributed by atoms with Crippen molar-refractivity contribution in [3.8, 4) is 0 Å². The largest absolute Gasteiger partial charge is 0.466 e. The number of likely N-dealkylation sites (tertiary alicyclic amines) is 1. The Morgan fingerprint density at radius 2 is 1.77 bits per heavy atom. The van der Waals surface area contributed by atoms with Crippen LogP contribution in [0.15, 0.2) is 0 Å². The molecule has 0 bridgehead atoms. The molecule has 1 atom stereocenters. The molecule has 2 heterocycles. The fraction of sp³-hybridized carbons (Fsp3) is 0.857. The molecule has 0 saturated carbocycles. The van der Waals surface area contributed by atoms with Gasteiger partial charge in [-0.25, -0.2) is 8.42 Å². The maximum Gasteiger partial charge on any atom is 0.309 e. The van der Waals surface area contributed by atoms with E-state index in [1.54, 1.807) is 11.8 Å². The zero-order valence-electron chi connectivity index (χ0n) is 13.2. The lowest BCUT2D eigenvalue weighted by atomic mass is 9.96. The van der Waals surface area contributed by atoms with E-state index in [9.17, 15) is 18.0 Å². The molecule has 126 valence electrons. The van der Waals surface area contributed by atoms with Crippen LogP contribution in [0.1, 0.15) is 32.6 Å². The third kappa shape index (κ3) is 3.78. The van der Waals surface area contributed by atoms with E-state index in [1.807, 2.05) is 0 Å².